The summed E-state index contributed by atoms with van der Waals surface area (Å²) in [5.74, 6) is 0.779. The van der Waals surface area contributed by atoms with E-state index in [-0.39, 0.29) is 23.3 Å². The summed E-state index contributed by atoms with van der Waals surface area (Å²) in [5.41, 5.74) is 5.58. The van der Waals surface area contributed by atoms with Gasteiger partial charge in [0.15, 0.2) is 0 Å². The van der Waals surface area contributed by atoms with Crippen molar-refractivity contribution < 1.29 is 9.53 Å². The van der Waals surface area contributed by atoms with Gasteiger partial charge in [0.05, 0.1) is 6.10 Å². The summed E-state index contributed by atoms with van der Waals surface area (Å²) in [6.07, 6.45) is 3.24. The van der Waals surface area contributed by atoms with Crippen molar-refractivity contribution in [3.8, 4) is 0 Å². The minimum Gasteiger partial charge on any atom is -0.377 e. The van der Waals surface area contributed by atoms with Crippen molar-refractivity contribution in [2.45, 2.75) is 58.6 Å². The van der Waals surface area contributed by atoms with Crippen molar-refractivity contribution in [1.29, 1.82) is 0 Å². The molecule has 1 heterocycles. The molecule has 0 bridgehead atoms. The van der Waals surface area contributed by atoms with E-state index in [4.69, 9.17) is 10.5 Å². The first-order valence-electron chi connectivity index (χ1n) is 7.92. The molecule has 0 spiro atoms. The number of amides is 1. The minimum atomic E-state index is -0.764. The molecule has 1 amide bonds. The summed E-state index contributed by atoms with van der Waals surface area (Å²) >= 11 is 0. The van der Waals surface area contributed by atoms with Crippen LogP contribution in [0.5, 0.6) is 0 Å². The Labute approximate surface area is 123 Å². The Morgan fingerprint density at radius 3 is 2.75 bits per heavy atom. The molecule has 0 aromatic carbocycles. The summed E-state index contributed by atoms with van der Waals surface area (Å²) < 4.78 is 5.87. The quantitative estimate of drug-likeness (QED) is 0.858. The van der Waals surface area contributed by atoms with E-state index >= 15 is 0 Å². The van der Waals surface area contributed by atoms with E-state index in [0.717, 1.165) is 32.4 Å². The van der Waals surface area contributed by atoms with Crippen LogP contribution in [0.2, 0.25) is 0 Å². The molecule has 0 radical (unpaired) electrons. The second kappa shape index (κ2) is 5.30. The molecule has 1 saturated carbocycles. The van der Waals surface area contributed by atoms with Crippen molar-refractivity contribution in [1.82, 2.24) is 4.90 Å². The topological polar surface area (TPSA) is 55.6 Å². The Balaban J connectivity index is 2.15. The zero-order chi connectivity index (χ0) is 15.1. The highest BCUT2D eigenvalue weighted by atomic mass is 16.5. The first-order valence-corrected chi connectivity index (χ1v) is 7.92. The van der Waals surface area contributed by atoms with Crippen LogP contribution in [0.15, 0.2) is 0 Å². The van der Waals surface area contributed by atoms with Gasteiger partial charge in [0.1, 0.15) is 5.54 Å². The molecule has 0 aromatic heterocycles. The third-order valence-electron chi connectivity index (χ3n) is 5.67. The number of ether oxygens (including phenoxy) is 1. The highest BCUT2D eigenvalue weighted by Gasteiger charge is 2.70. The van der Waals surface area contributed by atoms with Gasteiger partial charge in [0.2, 0.25) is 5.91 Å². The van der Waals surface area contributed by atoms with Gasteiger partial charge < -0.3 is 15.4 Å². The summed E-state index contributed by atoms with van der Waals surface area (Å²) in [7, 11) is 1.89. The number of nitrogens with two attached hydrogens (primary N) is 1. The normalized spacial score (nSPS) is 36.7. The van der Waals surface area contributed by atoms with Crippen LogP contribution in [0.3, 0.4) is 0 Å². The van der Waals surface area contributed by atoms with Gasteiger partial charge in [-0.3, -0.25) is 4.79 Å². The molecule has 2 aliphatic rings. The zero-order valence-corrected chi connectivity index (χ0v) is 13.6. The molecule has 4 unspecified atom stereocenters. The fourth-order valence-corrected chi connectivity index (χ4v) is 4.01. The van der Waals surface area contributed by atoms with Gasteiger partial charge in [-0.15, -0.1) is 0 Å². The average Bonchev–Trinajstić information content (AvgIpc) is 2.45. The van der Waals surface area contributed by atoms with Gasteiger partial charge in [0.25, 0.3) is 0 Å². The van der Waals surface area contributed by atoms with Gasteiger partial charge in [0, 0.05) is 31.5 Å². The van der Waals surface area contributed by atoms with Gasteiger partial charge in [-0.2, -0.15) is 0 Å². The van der Waals surface area contributed by atoms with Crippen LogP contribution >= 0.6 is 0 Å². The Bertz CT molecular complexity index is 383. The van der Waals surface area contributed by atoms with Crippen LogP contribution in [0.4, 0.5) is 0 Å². The van der Waals surface area contributed by atoms with Gasteiger partial charge >= 0.3 is 0 Å². The fraction of sp³-hybridized carbons (Fsp3) is 0.938. The van der Waals surface area contributed by atoms with Crippen LogP contribution in [-0.2, 0) is 9.53 Å². The minimum absolute atomic E-state index is 0.0922. The van der Waals surface area contributed by atoms with Crippen LogP contribution in [0, 0.1) is 17.3 Å². The number of nitrogens with zero attached hydrogens (tertiary/aromatic N) is 1. The maximum atomic E-state index is 12.9. The van der Waals surface area contributed by atoms with Gasteiger partial charge in [-0.05, 0) is 18.8 Å². The van der Waals surface area contributed by atoms with Crippen LogP contribution in [0.25, 0.3) is 0 Å². The number of rotatable bonds is 4. The predicted octanol–water partition coefficient (Wildman–Crippen LogP) is 2.02. The van der Waals surface area contributed by atoms with E-state index in [1.807, 2.05) is 11.9 Å². The van der Waals surface area contributed by atoms with E-state index in [1.165, 1.54) is 0 Å². The van der Waals surface area contributed by atoms with Crippen molar-refractivity contribution in [3.63, 3.8) is 0 Å². The zero-order valence-electron chi connectivity index (χ0n) is 13.6. The molecule has 4 nitrogen and oxygen atoms in total. The SMILES string of the molecule is CCC(C)CN(C)C(=O)C1(N)C2CCCOC2C1(C)C. The molecule has 20 heavy (non-hydrogen) atoms. The molecule has 0 aromatic rings. The van der Waals surface area contributed by atoms with Gasteiger partial charge in [-0.25, -0.2) is 0 Å². The van der Waals surface area contributed by atoms with Crippen molar-refractivity contribution in [2.24, 2.45) is 23.0 Å². The smallest absolute Gasteiger partial charge is 0.243 e. The second-order valence-electron chi connectivity index (χ2n) is 7.33. The molecule has 1 aliphatic carbocycles. The van der Waals surface area contributed by atoms with Crippen LogP contribution in [-0.4, -0.2) is 42.6 Å². The number of carbonyl (C=O) groups is 1. The summed E-state index contributed by atoms with van der Waals surface area (Å²) in [4.78, 5) is 14.7. The number of hydrogen-bond acceptors (Lipinski definition) is 3. The molecule has 2 rings (SSSR count). The van der Waals surface area contributed by atoms with Crippen molar-refractivity contribution in [3.05, 3.63) is 0 Å². The lowest BCUT2D eigenvalue weighted by Gasteiger charge is -2.65. The number of carbonyl (C=O) groups excluding carboxylic acids is 1. The maximum Gasteiger partial charge on any atom is 0.243 e. The van der Waals surface area contributed by atoms with Crippen LogP contribution < -0.4 is 5.73 Å². The lowest BCUT2D eigenvalue weighted by atomic mass is 9.46. The molecule has 1 aliphatic heterocycles. The van der Waals surface area contributed by atoms with Crippen molar-refractivity contribution >= 4 is 5.91 Å². The largest absolute Gasteiger partial charge is 0.377 e. The van der Waals surface area contributed by atoms with Crippen molar-refractivity contribution in [2.75, 3.05) is 20.2 Å². The Morgan fingerprint density at radius 2 is 2.15 bits per heavy atom. The molecule has 2 N–H and O–H groups in total. The average molecular weight is 282 g/mol. The summed E-state index contributed by atoms with van der Waals surface area (Å²) in [6, 6.07) is 0. The third-order valence-corrected chi connectivity index (χ3v) is 5.67. The van der Waals surface area contributed by atoms with E-state index in [2.05, 4.69) is 27.7 Å². The van der Waals surface area contributed by atoms with Gasteiger partial charge in [-0.1, -0.05) is 34.1 Å². The highest BCUT2D eigenvalue weighted by molar-refractivity contribution is 5.89. The first-order chi connectivity index (χ1) is 9.26. The molecule has 1 saturated heterocycles. The van der Waals surface area contributed by atoms with E-state index < -0.39 is 5.54 Å². The fourth-order valence-electron chi connectivity index (χ4n) is 4.01. The summed E-state index contributed by atoms with van der Waals surface area (Å²) in [6.45, 7) is 10.1. The first kappa shape index (κ1) is 15.8. The maximum absolute atomic E-state index is 12.9. The third kappa shape index (κ3) is 2.08. The molecule has 116 valence electrons. The monoisotopic (exact) mass is 282 g/mol. The molecular formula is C16H30N2O2. The van der Waals surface area contributed by atoms with E-state index in [0.29, 0.717) is 5.92 Å². The molecule has 4 heteroatoms. The van der Waals surface area contributed by atoms with E-state index in [1.54, 1.807) is 0 Å². The Hall–Kier alpha value is -0.610. The van der Waals surface area contributed by atoms with E-state index in [9.17, 15) is 4.79 Å². The lowest BCUT2D eigenvalue weighted by Crippen LogP contribution is -2.82. The number of hydrogen-bond donors (Lipinski definition) is 1. The highest BCUT2D eigenvalue weighted by Crippen LogP contribution is 2.57. The molecular weight excluding hydrogens is 252 g/mol. The Morgan fingerprint density at radius 1 is 1.50 bits per heavy atom. The number of fused-ring (bicyclic) bond motifs is 1. The predicted molar refractivity (Wildman–Crippen MR) is 80.3 cm³/mol. The number of likely N-dealkylation sites (N-methyl/N-ethyl adjacent to an activating group) is 1. The van der Waals surface area contributed by atoms with Crippen LogP contribution in [0.1, 0.15) is 47.0 Å². The molecule has 4 atom stereocenters. The Kier molecular flexibility index (Phi) is 4.18. The second-order valence-corrected chi connectivity index (χ2v) is 7.33. The standard InChI is InChI=1S/C16H30N2O2/c1-6-11(2)10-18(5)14(19)16(17)12-8-7-9-20-13(12)15(16,3)4/h11-13H,6-10,17H2,1-5H3. The summed E-state index contributed by atoms with van der Waals surface area (Å²) in [5, 5.41) is 0. The molecule has 2 fully saturated rings. The lowest BCUT2D eigenvalue weighted by molar-refractivity contribution is -0.229.